The highest BCUT2D eigenvalue weighted by Gasteiger charge is 2.43. The molecule has 1 unspecified atom stereocenters. The van der Waals surface area contributed by atoms with E-state index in [0.717, 1.165) is 0 Å². The lowest BCUT2D eigenvalue weighted by molar-refractivity contribution is 0.328. The van der Waals surface area contributed by atoms with Crippen molar-refractivity contribution < 1.29 is 9.13 Å². The van der Waals surface area contributed by atoms with Crippen LogP contribution in [0.5, 0.6) is 0 Å². The molecule has 1 aromatic rings. The largest absolute Gasteiger partial charge is 0.365 e. The van der Waals surface area contributed by atoms with E-state index in [1.54, 1.807) is 0 Å². The molecule has 2 heterocycles. The van der Waals surface area contributed by atoms with Crippen molar-refractivity contribution in [1.29, 1.82) is 0 Å². The van der Waals surface area contributed by atoms with Crippen LogP contribution in [0.1, 0.15) is 12.5 Å². The van der Waals surface area contributed by atoms with Gasteiger partial charge in [0.1, 0.15) is 10.8 Å². The summed E-state index contributed by atoms with van der Waals surface area (Å²) in [5, 5.41) is -0.00981. The summed E-state index contributed by atoms with van der Waals surface area (Å²) in [6, 6.07) is 1.27. The van der Waals surface area contributed by atoms with Crippen molar-refractivity contribution in [3.63, 3.8) is 0 Å². The number of rotatable bonds is 1. The fourth-order valence-electron chi connectivity index (χ4n) is 1.08. The normalized spacial score (nSPS) is 26.2. The van der Waals surface area contributed by atoms with Crippen molar-refractivity contribution in [1.82, 2.24) is 4.98 Å². The average molecular weight is 222 g/mol. The first-order valence-corrected chi connectivity index (χ1v) is 4.44. The zero-order chi connectivity index (χ0) is 9.64. The Labute approximate surface area is 84.6 Å². The van der Waals surface area contributed by atoms with Gasteiger partial charge in [0.05, 0.1) is 6.61 Å². The number of aromatic nitrogens is 1. The first kappa shape index (κ1) is 9.19. The van der Waals surface area contributed by atoms with Crippen LogP contribution in [-0.2, 0) is 10.3 Å². The van der Waals surface area contributed by atoms with E-state index in [1.165, 1.54) is 6.07 Å². The van der Waals surface area contributed by atoms with E-state index in [1.807, 2.05) is 6.92 Å². The monoisotopic (exact) mass is 221 g/mol. The van der Waals surface area contributed by atoms with Gasteiger partial charge in [-0.25, -0.2) is 9.37 Å². The lowest BCUT2D eigenvalue weighted by Gasteiger charge is -2.07. The molecule has 0 aliphatic carbocycles. The summed E-state index contributed by atoms with van der Waals surface area (Å²) in [5.41, 5.74) is 0.0752. The quantitative estimate of drug-likeness (QED) is 0.539. The van der Waals surface area contributed by atoms with Crippen molar-refractivity contribution in [3.05, 3.63) is 27.8 Å². The van der Waals surface area contributed by atoms with Gasteiger partial charge in [0.2, 0.25) is 0 Å². The zero-order valence-electron chi connectivity index (χ0n) is 6.77. The minimum absolute atomic E-state index is 0.200. The van der Waals surface area contributed by atoms with E-state index >= 15 is 0 Å². The second-order valence-electron chi connectivity index (χ2n) is 3.12. The zero-order valence-corrected chi connectivity index (χ0v) is 8.29. The maximum Gasteiger partial charge on any atom is 0.166 e. The van der Waals surface area contributed by atoms with E-state index in [4.69, 9.17) is 27.9 Å². The van der Waals surface area contributed by atoms with E-state index in [0.29, 0.717) is 12.2 Å². The van der Waals surface area contributed by atoms with Gasteiger partial charge in [0, 0.05) is 5.56 Å². The molecule has 1 aliphatic heterocycles. The molecule has 0 radical (unpaired) electrons. The SMILES string of the molecule is CC1(c2cc(F)c(Cl)nc2Cl)CO1. The molecule has 5 heteroatoms. The summed E-state index contributed by atoms with van der Waals surface area (Å²) in [6.45, 7) is 2.36. The number of pyridine rings is 1. The van der Waals surface area contributed by atoms with Crippen LogP contribution in [0, 0.1) is 5.82 Å². The molecule has 0 saturated carbocycles. The summed E-state index contributed by atoms with van der Waals surface area (Å²) < 4.78 is 18.1. The molecule has 1 atom stereocenters. The predicted octanol–water partition coefficient (Wildman–Crippen LogP) is 2.77. The van der Waals surface area contributed by atoms with Gasteiger partial charge >= 0.3 is 0 Å². The third-order valence-electron chi connectivity index (χ3n) is 2.03. The third kappa shape index (κ3) is 1.52. The lowest BCUT2D eigenvalue weighted by atomic mass is 10.1. The minimum Gasteiger partial charge on any atom is -0.365 e. The Morgan fingerprint density at radius 3 is 2.69 bits per heavy atom. The second kappa shape index (κ2) is 2.80. The van der Waals surface area contributed by atoms with Crippen LogP contribution in [0.15, 0.2) is 6.07 Å². The number of ether oxygens (including phenoxy) is 1. The number of hydrogen-bond acceptors (Lipinski definition) is 2. The van der Waals surface area contributed by atoms with Crippen LogP contribution < -0.4 is 0 Å². The lowest BCUT2D eigenvalue weighted by Crippen LogP contribution is -2.05. The molecular formula is C8H6Cl2FNO. The molecule has 13 heavy (non-hydrogen) atoms. The maximum absolute atomic E-state index is 13.0. The number of hydrogen-bond donors (Lipinski definition) is 0. The van der Waals surface area contributed by atoms with Gasteiger partial charge < -0.3 is 4.74 Å². The molecule has 70 valence electrons. The summed E-state index contributed by atoms with van der Waals surface area (Å²) in [5.74, 6) is -0.571. The Hall–Kier alpha value is -0.380. The Kier molecular flexibility index (Phi) is 1.98. The number of nitrogens with zero attached hydrogens (tertiary/aromatic N) is 1. The Morgan fingerprint density at radius 1 is 1.54 bits per heavy atom. The van der Waals surface area contributed by atoms with Gasteiger partial charge in [0.15, 0.2) is 11.0 Å². The standard InChI is InChI=1S/C8H6Cl2FNO/c1-8(3-13-8)4-2-5(11)7(10)12-6(4)9/h2H,3H2,1H3. The van der Waals surface area contributed by atoms with Gasteiger partial charge in [-0.1, -0.05) is 23.2 Å². The molecule has 0 N–H and O–H groups in total. The van der Waals surface area contributed by atoms with E-state index in [2.05, 4.69) is 4.98 Å². The van der Waals surface area contributed by atoms with Gasteiger partial charge in [-0.15, -0.1) is 0 Å². The maximum atomic E-state index is 13.0. The highest BCUT2D eigenvalue weighted by molar-refractivity contribution is 6.33. The van der Waals surface area contributed by atoms with Crippen LogP contribution in [-0.4, -0.2) is 11.6 Å². The van der Waals surface area contributed by atoms with E-state index in [9.17, 15) is 4.39 Å². The molecule has 1 aliphatic rings. The fraction of sp³-hybridized carbons (Fsp3) is 0.375. The predicted molar refractivity (Wildman–Crippen MR) is 47.5 cm³/mol. The van der Waals surface area contributed by atoms with Crippen molar-refractivity contribution >= 4 is 23.2 Å². The molecule has 0 spiro atoms. The van der Waals surface area contributed by atoms with E-state index in [-0.39, 0.29) is 10.3 Å². The molecule has 1 fully saturated rings. The van der Waals surface area contributed by atoms with Crippen molar-refractivity contribution in [3.8, 4) is 0 Å². The number of epoxide rings is 1. The molecule has 2 rings (SSSR count). The Bertz CT molecular complexity index is 365. The smallest absolute Gasteiger partial charge is 0.166 e. The Balaban J connectivity index is 2.52. The van der Waals surface area contributed by atoms with Gasteiger partial charge in [-0.3, -0.25) is 0 Å². The summed E-state index contributed by atoms with van der Waals surface area (Å²) >= 11 is 11.2. The molecular weight excluding hydrogens is 216 g/mol. The van der Waals surface area contributed by atoms with Crippen LogP contribution in [0.25, 0.3) is 0 Å². The van der Waals surface area contributed by atoms with E-state index < -0.39 is 11.4 Å². The summed E-state index contributed by atoms with van der Waals surface area (Å²) in [4.78, 5) is 3.66. The molecule has 2 nitrogen and oxygen atoms in total. The van der Waals surface area contributed by atoms with Crippen molar-refractivity contribution in [2.45, 2.75) is 12.5 Å². The van der Waals surface area contributed by atoms with Gasteiger partial charge in [-0.05, 0) is 13.0 Å². The Morgan fingerprint density at radius 2 is 2.15 bits per heavy atom. The average Bonchev–Trinajstić information content (AvgIpc) is 2.77. The van der Waals surface area contributed by atoms with Crippen LogP contribution in [0.4, 0.5) is 4.39 Å². The van der Waals surface area contributed by atoms with Crippen LogP contribution >= 0.6 is 23.2 Å². The first-order chi connectivity index (χ1) is 6.03. The van der Waals surface area contributed by atoms with Gasteiger partial charge in [-0.2, -0.15) is 0 Å². The second-order valence-corrected chi connectivity index (χ2v) is 3.83. The first-order valence-electron chi connectivity index (χ1n) is 3.69. The van der Waals surface area contributed by atoms with Crippen LogP contribution in [0.2, 0.25) is 10.3 Å². The topological polar surface area (TPSA) is 25.4 Å². The van der Waals surface area contributed by atoms with Crippen molar-refractivity contribution in [2.24, 2.45) is 0 Å². The molecule has 1 aromatic heterocycles. The highest BCUT2D eigenvalue weighted by atomic mass is 35.5. The third-order valence-corrected chi connectivity index (χ3v) is 2.59. The molecule has 1 saturated heterocycles. The van der Waals surface area contributed by atoms with Gasteiger partial charge in [0.25, 0.3) is 0 Å². The molecule has 0 bridgehead atoms. The fourth-order valence-corrected chi connectivity index (χ4v) is 1.60. The number of halogens is 3. The van der Waals surface area contributed by atoms with Crippen molar-refractivity contribution in [2.75, 3.05) is 6.61 Å². The molecule has 0 aromatic carbocycles. The minimum atomic E-state index is -0.571. The van der Waals surface area contributed by atoms with Crippen LogP contribution in [0.3, 0.4) is 0 Å². The highest BCUT2D eigenvalue weighted by Crippen LogP contribution is 2.41. The molecule has 0 amide bonds. The summed E-state index contributed by atoms with van der Waals surface area (Å²) in [7, 11) is 0. The summed E-state index contributed by atoms with van der Waals surface area (Å²) in [6.07, 6.45) is 0.